The first-order valence-electron chi connectivity index (χ1n) is 6.72. The summed E-state index contributed by atoms with van der Waals surface area (Å²) in [5.74, 6) is -0.0811. The molecule has 106 valence electrons. The standard InChI is InChI=1S/C17H15ClN2O/c1-20-9-8-13-5-3-7-15(16(13)20)17(21)19-11-12-4-2-6-14(18)10-12/h2-10H,11H2,1H3,(H,19,21). The zero-order chi connectivity index (χ0) is 14.8. The third kappa shape index (κ3) is 2.78. The second-order valence-corrected chi connectivity index (χ2v) is 5.42. The van der Waals surface area contributed by atoms with Gasteiger partial charge in [0.1, 0.15) is 0 Å². The second kappa shape index (κ2) is 5.62. The fourth-order valence-electron chi connectivity index (χ4n) is 2.46. The average molecular weight is 299 g/mol. The number of benzene rings is 2. The number of nitrogens with zero attached hydrogens (tertiary/aromatic N) is 1. The van der Waals surface area contributed by atoms with Crippen LogP contribution in [0, 0.1) is 0 Å². The monoisotopic (exact) mass is 298 g/mol. The molecule has 0 unspecified atom stereocenters. The van der Waals surface area contributed by atoms with E-state index in [9.17, 15) is 4.79 Å². The number of aryl methyl sites for hydroxylation is 1. The van der Waals surface area contributed by atoms with Gasteiger partial charge < -0.3 is 9.88 Å². The van der Waals surface area contributed by atoms with Crippen LogP contribution in [0.4, 0.5) is 0 Å². The number of hydrogen-bond donors (Lipinski definition) is 1. The Balaban J connectivity index is 1.83. The molecule has 3 nitrogen and oxygen atoms in total. The Hall–Kier alpha value is -2.26. The molecule has 0 aliphatic heterocycles. The first kappa shape index (κ1) is 13.7. The molecule has 0 bridgehead atoms. The fraction of sp³-hybridized carbons (Fsp3) is 0.118. The topological polar surface area (TPSA) is 34.0 Å². The molecule has 21 heavy (non-hydrogen) atoms. The van der Waals surface area contributed by atoms with Gasteiger partial charge >= 0.3 is 0 Å². The van der Waals surface area contributed by atoms with Crippen LogP contribution >= 0.6 is 11.6 Å². The van der Waals surface area contributed by atoms with E-state index in [0.29, 0.717) is 17.1 Å². The summed E-state index contributed by atoms with van der Waals surface area (Å²) in [6.07, 6.45) is 1.96. The van der Waals surface area contributed by atoms with Crippen molar-refractivity contribution in [2.24, 2.45) is 7.05 Å². The molecular weight excluding hydrogens is 284 g/mol. The summed E-state index contributed by atoms with van der Waals surface area (Å²) in [5.41, 5.74) is 2.61. The lowest BCUT2D eigenvalue weighted by molar-refractivity contribution is 0.0952. The second-order valence-electron chi connectivity index (χ2n) is 4.98. The molecular formula is C17H15ClN2O. The first-order chi connectivity index (χ1) is 10.1. The zero-order valence-corrected chi connectivity index (χ0v) is 12.4. The Labute approximate surface area is 128 Å². The molecule has 3 aromatic rings. The molecule has 1 N–H and O–H groups in total. The number of para-hydroxylation sites is 1. The van der Waals surface area contributed by atoms with Gasteiger partial charge in [0.2, 0.25) is 0 Å². The van der Waals surface area contributed by atoms with Gasteiger partial charge in [-0.15, -0.1) is 0 Å². The number of amides is 1. The Morgan fingerprint density at radius 1 is 1.19 bits per heavy atom. The Kier molecular flexibility index (Phi) is 3.67. The number of carbonyl (C=O) groups excluding carboxylic acids is 1. The zero-order valence-electron chi connectivity index (χ0n) is 11.6. The molecule has 4 heteroatoms. The van der Waals surface area contributed by atoms with Gasteiger partial charge in [0.15, 0.2) is 0 Å². The number of aromatic nitrogens is 1. The van der Waals surface area contributed by atoms with Crippen molar-refractivity contribution in [3.63, 3.8) is 0 Å². The highest BCUT2D eigenvalue weighted by Crippen LogP contribution is 2.19. The molecule has 0 atom stereocenters. The fourth-order valence-corrected chi connectivity index (χ4v) is 2.68. The van der Waals surface area contributed by atoms with Crippen molar-refractivity contribution >= 4 is 28.4 Å². The van der Waals surface area contributed by atoms with Crippen LogP contribution < -0.4 is 5.32 Å². The lowest BCUT2D eigenvalue weighted by Crippen LogP contribution is -2.23. The molecule has 0 spiro atoms. The minimum Gasteiger partial charge on any atom is -0.350 e. The molecule has 0 saturated carbocycles. The van der Waals surface area contributed by atoms with Gasteiger partial charge in [-0.3, -0.25) is 4.79 Å². The van der Waals surface area contributed by atoms with E-state index in [1.54, 1.807) is 0 Å². The normalized spacial score (nSPS) is 10.8. The van der Waals surface area contributed by atoms with Crippen molar-refractivity contribution in [3.8, 4) is 0 Å². The smallest absolute Gasteiger partial charge is 0.253 e. The highest BCUT2D eigenvalue weighted by atomic mass is 35.5. The van der Waals surface area contributed by atoms with Crippen molar-refractivity contribution in [1.82, 2.24) is 9.88 Å². The van der Waals surface area contributed by atoms with Crippen LogP contribution in [-0.4, -0.2) is 10.5 Å². The van der Waals surface area contributed by atoms with Crippen LogP contribution in [0.15, 0.2) is 54.7 Å². The predicted octanol–water partition coefficient (Wildman–Crippen LogP) is 3.76. The molecule has 1 aromatic heterocycles. The van der Waals surface area contributed by atoms with E-state index in [1.807, 2.05) is 66.3 Å². The number of carbonyl (C=O) groups is 1. The summed E-state index contributed by atoms with van der Waals surface area (Å²) in [5, 5.41) is 4.68. The minimum absolute atomic E-state index is 0.0811. The molecule has 1 amide bonds. The SMILES string of the molecule is Cn1ccc2cccc(C(=O)NCc3cccc(Cl)c3)c21. The van der Waals surface area contributed by atoms with E-state index in [1.165, 1.54) is 0 Å². The summed E-state index contributed by atoms with van der Waals surface area (Å²) >= 11 is 5.95. The molecule has 0 aliphatic rings. The number of hydrogen-bond acceptors (Lipinski definition) is 1. The lowest BCUT2D eigenvalue weighted by Gasteiger charge is -2.08. The van der Waals surface area contributed by atoms with Crippen LogP contribution in [0.5, 0.6) is 0 Å². The van der Waals surface area contributed by atoms with E-state index in [4.69, 9.17) is 11.6 Å². The summed E-state index contributed by atoms with van der Waals surface area (Å²) in [7, 11) is 1.94. The third-order valence-electron chi connectivity index (χ3n) is 3.48. The number of fused-ring (bicyclic) bond motifs is 1. The van der Waals surface area contributed by atoms with E-state index >= 15 is 0 Å². The molecule has 3 rings (SSSR count). The first-order valence-corrected chi connectivity index (χ1v) is 7.09. The average Bonchev–Trinajstić information content (AvgIpc) is 2.87. The van der Waals surface area contributed by atoms with Crippen molar-refractivity contribution < 1.29 is 4.79 Å². The largest absolute Gasteiger partial charge is 0.350 e. The highest BCUT2D eigenvalue weighted by Gasteiger charge is 2.11. The van der Waals surface area contributed by atoms with Crippen LogP contribution in [-0.2, 0) is 13.6 Å². The van der Waals surface area contributed by atoms with Gasteiger partial charge in [-0.2, -0.15) is 0 Å². The third-order valence-corrected chi connectivity index (χ3v) is 3.72. The van der Waals surface area contributed by atoms with E-state index in [-0.39, 0.29) is 5.91 Å². The maximum absolute atomic E-state index is 12.4. The van der Waals surface area contributed by atoms with Crippen molar-refractivity contribution in [2.75, 3.05) is 0 Å². The maximum Gasteiger partial charge on any atom is 0.253 e. The minimum atomic E-state index is -0.0811. The van der Waals surface area contributed by atoms with Gasteiger partial charge in [-0.1, -0.05) is 35.9 Å². The van der Waals surface area contributed by atoms with Crippen molar-refractivity contribution in [1.29, 1.82) is 0 Å². The van der Waals surface area contributed by atoms with Gasteiger partial charge in [0.05, 0.1) is 11.1 Å². The summed E-state index contributed by atoms with van der Waals surface area (Å²) in [6.45, 7) is 0.459. The lowest BCUT2D eigenvalue weighted by atomic mass is 10.1. The van der Waals surface area contributed by atoms with Crippen LogP contribution in [0.1, 0.15) is 15.9 Å². The van der Waals surface area contributed by atoms with Gasteiger partial charge in [0, 0.05) is 30.2 Å². The quantitative estimate of drug-likeness (QED) is 0.785. The van der Waals surface area contributed by atoms with Gasteiger partial charge in [0.25, 0.3) is 5.91 Å². The number of nitrogens with one attached hydrogen (secondary N) is 1. The molecule has 2 aromatic carbocycles. The van der Waals surface area contributed by atoms with E-state index in [0.717, 1.165) is 16.5 Å². The number of halogens is 1. The molecule has 0 saturated heterocycles. The molecule has 1 heterocycles. The summed E-state index contributed by atoms with van der Waals surface area (Å²) < 4.78 is 1.96. The van der Waals surface area contributed by atoms with Crippen molar-refractivity contribution in [3.05, 3.63) is 70.9 Å². The Morgan fingerprint density at radius 2 is 2.00 bits per heavy atom. The summed E-state index contributed by atoms with van der Waals surface area (Å²) in [4.78, 5) is 12.4. The predicted molar refractivity (Wildman–Crippen MR) is 85.5 cm³/mol. The number of rotatable bonds is 3. The van der Waals surface area contributed by atoms with Crippen LogP contribution in [0.3, 0.4) is 0 Å². The molecule has 0 radical (unpaired) electrons. The Morgan fingerprint density at radius 3 is 2.81 bits per heavy atom. The highest BCUT2D eigenvalue weighted by molar-refractivity contribution is 6.30. The van der Waals surface area contributed by atoms with Crippen LogP contribution in [0.2, 0.25) is 5.02 Å². The maximum atomic E-state index is 12.4. The van der Waals surface area contributed by atoms with Crippen LogP contribution in [0.25, 0.3) is 10.9 Å². The van der Waals surface area contributed by atoms with Gasteiger partial charge in [-0.05, 0) is 29.8 Å². The Bertz CT molecular complexity index is 807. The van der Waals surface area contributed by atoms with Crippen molar-refractivity contribution in [2.45, 2.75) is 6.54 Å². The van der Waals surface area contributed by atoms with E-state index < -0.39 is 0 Å². The van der Waals surface area contributed by atoms with Gasteiger partial charge in [-0.25, -0.2) is 0 Å². The van der Waals surface area contributed by atoms with E-state index in [2.05, 4.69) is 5.32 Å². The molecule has 0 fully saturated rings. The molecule has 0 aliphatic carbocycles. The summed E-state index contributed by atoms with van der Waals surface area (Å²) in [6, 6.07) is 15.2.